The van der Waals surface area contributed by atoms with Gasteiger partial charge >= 0.3 is 6.18 Å². The molecule has 0 atom stereocenters. The molecule has 1 N–H and O–H groups in total. The second kappa shape index (κ2) is 8.80. The number of ether oxygens (including phenoxy) is 1. The summed E-state index contributed by atoms with van der Waals surface area (Å²) in [5.74, 6) is 1.05. The van der Waals surface area contributed by atoms with Crippen LogP contribution in [0.5, 0.6) is 0 Å². The van der Waals surface area contributed by atoms with Crippen molar-refractivity contribution in [3.05, 3.63) is 52.5 Å². The van der Waals surface area contributed by atoms with Crippen molar-refractivity contribution in [2.45, 2.75) is 20.0 Å². The monoisotopic (exact) mass is 486 g/mol. The van der Waals surface area contributed by atoms with Crippen LogP contribution in [-0.2, 0) is 10.9 Å². The molecule has 1 aliphatic heterocycles. The summed E-state index contributed by atoms with van der Waals surface area (Å²) in [7, 11) is 0. The zero-order valence-electron chi connectivity index (χ0n) is 18.5. The molecule has 1 aliphatic rings. The van der Waals surface area contributed by atoms with Crippen molar-refractivity contribution in [1.82, 2.24) is 19.9 Å². The van der Waals surface area contributed by atoms with Gasteiger partial charge in [0.25, 0.3) is 0 Å². The first-order valence-electron chi connectivity index (χ1n) is 10.7. The minimum Gasteiger partial charge on any atom is -0.378 e. The lowest BCUT2D eigenvalue weighted by Gasteiger charge is -2.27. The van der Waals surface area contributed by atoms with Crippen LogP contribution in [0, 0.1) is 13.8 Å². The summed E-state index contributed by atoms with van der Waals surface area (Å²) in [6.45, 7) is 6.25. The maximum atomic E-state index is 13.2. The topological polar surface area (TPSA) is 76.1 Å². The van der Waals surface area contributed by atoms with Crippen LogP contribution in [0.25, 0.3) is 21.6 Å². The van der Waals surface area contributed by atoms with Crippen LogP contribution in [0.3, 0.4) is 0 Å². The normalized spacial score (nSPS) is 14.6. The van der Waals surface area contributed by atoms with Gasteiger partial charge < -0.3 is 15.0 Å². The molecule has 5 rings (SSSR count). The minimum atomic E-state index is -4.44. The molecule has 1 fully saturated rings. The maximum absolute atomic E-state index is 13.2. The maximum Gasteiger partial charge on any atom is 0.416 e. The number of benzene rings is 2. The Kier molecular flexibility index (Phi) is 5.82. The van der Waals surface area contributed by atoms with Gasteiger partial charge in [-0.1, -0.05) is 6.07 Å². The zero-order valence-corrected chi connectivity index (χ0v) is 19.3. The number of morpholine rings is 1. The van der Waals surface area contributed by atoms with E-state index in [0.717, 1.165) is 38.5 Å². The third kappa shape index (κ3) is 4.66. The predicted molar refractivity (Wildman–Crippen MR) is 126 cm³/mol. The third-order valence-electron chi connectivity index (χ3n) is 5.41. The van der Waals surface area contributed by atoms with Crippen LogP contribution in [-0.4, -0.2) is 46.2 Å². The van der Waals surface area contributed by atoms with Gasteiger partial charge in [-0.2, -0.15) is 28.1 Å². The average molecular weight is 487 g/mol. The average Bonchev–Trinajstić information content (AvgIpc) is 3.20. The van der Waals surface area contributed by atoms with E-state index in [2.05, 4.69) is 20.3 Å². The fourth-order valence-corrected chi connectivity index (χ4v) is 4.74. The van der Waals surface area contributed by atoms with Crippen molar-refractivity contribution in [2.24, 2.45) is 0 Å². The van der Waals surface area contributed by atoms with Crippen LogP contribution < -0.4 is 10.2 Å². The number of aromatic nitrogens is 4. The molecular weight excluding hydrogens is 465 g/mol. The summed E-state index contributed by atoms with van der Waals surface area (Å²) in [4.78, 5) is 20.3. The summed E-state index contributed by atoms with van der Waals surface area (Å²) in [5, 5.41) is 3.90. The second-order valence-electron chi connectivity index (χ2n) is 7.96. The highest BCUT2D eigenvalue weighted by molar-refractivity contribution is 7.18. The molecule has 0 saturated carbocycles. The Bertz CT molecular complexity index is 1350. The summed E-state index contributed by atoms with van der Waals surface area (Å²) in [6, 6.07) is 8.91. The number of thiazole rings is 1. The lowest BCUT2D eigenvalue weighted by molar-refractivity contribution is -0.137. The summed E-state index contributed by atoms with van der Waals surface area (Å²) < 4.78 is 46.0. The third-order valence-corrected chi connectivity index (χ3v) is 6.33. The Labute approximate surface area is 197 Å². The fraction of sp³-hybridized carbons (Fsp3) is 0.304. The first-order chi connectivity index (χ1) is 16.3. The lowest BCUT2D eigenvalue weighted by Crippen LogP contribution is -2.37. The molecule has 3 heterocycles. The number of nitrogens with zero attached hydrogens (tertiary/aromatic N) is 5. The van der Waals surface area contributed by atoms with E-state index in [9.17, 15) is 13.2 Å². The quantitative estimate of drug-likeness (QED) is 0.416. The summed E-state index contributed by atoms with van der Waals surface area (Å²) in [6.07, 6.45) is -4.44. The molecule has 1 saturated heterocycles. The highest BCUT2D eigenvalue weighted by Crippen LogP contribution is 2.33. The number of hydrogen-bond donors (Lipinski definition) is 1. The van der Waals surface area contributed by atoms with Gasteiger partial charge in [-0.25, -0.2) is 4.98 Å². The largest absolute Gasteiger partial charge is 0.416 e. The van der Waals surface area contributed by atoms with Gasteiger partial charge in [-0.3, -0.25) is 0 Å². The van der Waals surface area contributed by atoms with Crippen molar-refractivity contribution < 1.29 is 17.9 Å². The minimum absolute atomic E-state index is 0.170. The number of fused-ring (bicyclic) bond motifs is 1. The molecule has 0 spiro atoms. The summed E-state index contributed by atoms with van der Waals surface area (Å²) >= 11 is 1.59. The first kappa shape index (κ1) is 22.5. The van der Waals surface area contributed by atoms with E-state index in [0.29, 0.717) is 38.1 Å². The number of halogens is 3. The molecule has 0 radical (unpaired) electrons. The Morgan fingerprint density at radius 3 is 2.56 bits per heavy atom. The Hall–Kier alpha value is -3.31. The molecule has 34 heavy (non-hydrogen) atoms. The van der Waals surface area contributed by atoms with Crippen LogP contribution in [0.4, 0.5) is 30.8 Å². The molecule has 0 unspecified atom stereocenters. The van der Waals surface area contributed by atoms with E-state index in [-0.39, 0.29) is 11.6 Å². The van der Waals surface area contributed by atoms with Crippen molar-refractivity contribution >= 4 is 39.1 Å². The Morgan fingerprint density at radius 1 is 1.00 bits per heavy atom. The number of nitrogens with one attached hydrogen (secondary N) is 1. The second-order valence-corrected chi connectivity index (χ2v) is 9.19. The molecule has 0 amide bonds. The smallest absolute Gasteiger partial charge is 0.378 e. The first-order valence-corrected chi connectivity index (χ1v) is 11.5. The number of rotatable bonds is 4. The van der Waals surface area contributed by atoms with Crippen LogP contribution >= 0.6 is 11.3 Å². The van der Waals surface area contributed by atoms with Crippen LogP contribution in [0.1, 0.15) is 16.1 Å². The summed E-state index contributed by atoms with van der Waals surface area (Å²) in [5.41, 5.74) is 2.22. The van der Waals surface area contributed by atoms with E-state index in [4.69, 9.17) is 9.72 Å². The predicted octanol–water partition coefficient (Wildman–Crippen LogP) is 5.36. The molecule has 2 aromatic carbocycles. The fourth-order valence-electron chi connectivity index (χ4n) is 3.79. The van der Waals surface area contributed by atoms with E-state index < -0.39 is 11.7 Å². The van der Waals surface area contributed by atoms with E-state index in [1.807, 2.05) is 30.9 Å². The van der Waals surface area contributed by atoms with Crippen molar-refractivity contribution in [2.75, 3.05) is 36.5 Å². The molecule has 11 heteroatoms. The van der Waals surface area contributed by atoms with Gasteiger partial charge in [0.15, 0.2) is 5.82 Å². The molecule has 176 valence electrons. The standard InChI is InChI=1S/C23H21F3N6OS/c1-13-10-15(11-18-19(13)27-14(2)34-18)20-29-21(31-22(30-20)32-6-8-33-9-7-32)28-17-5-3-4-16(12-17)23(24,25)26/h3-5,10-12H,6-9H2,1-2H3,(H,28,29,30,31). The van der Waals surface area contributed by atoms with E-state index in [1.54, 1.807) is 17.4 Å². The zero-order chi connectivity index (χ0) is 23.9. The Balaban J connectivity index is 1.58. The van der Waals surface area contributed by atoms with Gasteiger partial charge in [0.1, 0.15) is 0 Å². The van der Waals surface area contributed by atoms with Crippen molar-refractivity contribution in [1.29, 1.82) is 0 Å². The highest BCUT2D eigenvalue weighted by atomic mass is 32.1. The number of alkyl halides is 3. The van der Waals surface area contributed by atoms with Crippen molar-refractivity contribution in [3.63, 3.8) is 0 Å². The molecule has 0 bridgehead atoms. The SMILES string of the molecule is Cc1nc2c(C)cc(-c3nc(Nc4cccc(C(F)(F)F)c4)nc(N4CCOCC4)n3)cc2s1. The van der Waals surface area contributed by atoms with Gasteiger partial charge in [-0.15, -0.1) is 11.3 Å². The van der Waals surface area contributed by atoms with E-state index >= 15 is 0 Å². The van der Waals surface area contributed by atoms with Gasteiger partial charge in [0.2, 0.25) is 11.9 Å². The molecular formula is C23H21F3N6OS. The number of hydrogen-bond acceptors (Lipinski definition) is 8. The number of aryl methyl sites for hydroxylation is 2. The van der Waals surface area contributed by atoms with Gasteiger partial charge in [0.05, 0.1) is 34.0 Å². The lowest BCUT2D eigenvalue weighted by atomic mass is 10.1. The Morgan fingerprint density at radius 2 is 1.79 bits per heavy atom. The molecule has 2 aromatic heterocycles. The highest BCUT2D eigenvalue weighted by Gasteiger charge is 2.30. The molecule has 7 nitrogen and oxygen atoms in total. The molecule has 0 aliphatic carbocycles. The van der Waals surface area contributed by atoms with Crippen molar-refractivity contribution in [3.8, 4) is 11.4 Å². The van der Waals surface area contributed by atoms with Gasteiger partial charge in [-0.05, 0) is 49.7 Å². The van der Waals surface area contributed by atoms with Gasteiger partial charge in [0, 0.05) is 24.3 Å². The van der Waals surface area contributed by atoms with E-state index in [1.165, 1.54) is 6.07 Å². The van der Waals surface area contributed by atoms with Crippen LogP contribution in [0.15, 0.2) is 36.4 Å². The molecule has 4 aromatic rings. The van der Waals surface area contributed by atoms with Crippen LogP contribution in [0.2, 0.25) is 0 Å². The number of anilines is 3.